The van der Waals surface area contributed by atoms with Gasteiger partial charge in [-0.15, -0.1) is 21.5 Å². The lowest BCUT2D eigenvalue weighted by Gasteiger charge is -2.32. The fourth-order valence-electron chi connectivity index (χ4n) is 3.12. The highest BCUT2D eigenvalue weighted by Crippen LogP contribution is 2.48. The fourth-order valence-corrected chi connectivity index (χ4v) is 4.83. The van der Waals surface area contributed by atoms with E-state index in [1.807, 2.05) is 66.0 Å². The van der Waals surface area contributed by atoms with E-state index >= 15 is 0 Å². The monoisotopic (exact) mass is 405 g/mol. The standard InChI is InChI=1S/C20H15N5OS2/c1-13(25-22-19(21-23-25)18-11-6-12-27-18)20(26)24-14-7-2-4-9-16(14)28-17-10-5-3-8-15(17)24/h2-13H,1H3/t13-/m1/s1. The Hall–Kier alpha value is -2.97. The summed E-state index contributed by atoms with van der Waals surface area (Å²) < 4.78 is 0. The second-order valence-corrected chi connectivity index (χ2v) is 8.33. The molecule has 1 atom stereocenters. The van der Waals surface area contributed by atoms with Crippen molar-refractivity contribution in [1.82, 2.24) is 20.2 Å². The highest BCUT2D eigenvalue weighted by molar-refractivity contribution is 7.99. The molecule has 0 fully saturated rings. The SMILES string of the molecule is C[C@H](C(=O)N1c2ccccc2Sc2ccccc21)n1nnc(-c2cccs2)n1. The first-order valence-electron chi connectivity index (χ1n) is 8.75. The molecule has 0 spiro atoms. The molecule has 0 saturated carbocycles. The van der Waals surface area contributed by atoms with Crippen LogP contribution in [-0.2, 0) is 4.79 Å². The van der Waals surface area contributed by atoms with E-state index in [0.717, 1.165) is 26.0 Å². The van der Waals surface area contributed by atoms with Gasteiger partial charge in [0.1, 0.15) is 6.04 Å². The van der Waals surface area contributed by atoms with Gasteiger partial charge in [-0.2, -0.15) is 4.80 Å². The zero-order valence-corrected chi connectivity index (χ0v) is 16.5. The summed E-state index contributed by atoms with van der Waals surface area (Å²) in [5.41, 5.74) is 1.75. The third kappa shape index (κ3) is 2.81. The van der Waals surface area contributed by atoms with Crippen molar-refractivity contribution >= 4 is 40.4 Å². The lowest BCUT2D eigenvalue weighted by Crippen LogP contribution is -2.35. The number of tetrazole rings is 1. The summed E-state index contributed by atoms with van der Waals surface area (Å²) in [5.74, 6) is 0.431. The number of fused-ring (bicyclic) bond motifs is 2. The summed E-state index contributed by atoms with van der Waals surface area (Å²) in [6, 6.07) is 19.1. The summed E-state index contributed by atoms with van der Waals surface area (Å²) in [6.45, 7) is 1.80. The molecular formula is C20H15N5OS2. The Balaban J connectivity index is 1.53. The van der Waals surface area contributed by atoms with E-state index in [4.69, 9.17) is 0 Å². The van der Waals surface area contributed by atoms with Crippen LogP contribution in [0.25, 0.3) is 10.7 Å². The van der Waals surface area contributed by atoms with Crippen LogP contribution in [0.1, 0.15) is 13.0 Å². The molecule has 0 N–H and O–H groups in total. The van der Waals surface area contributed by atoms with Gasteiger partial charge in [0.2, 0.25) is 5.82 Å². The van der Waals surface area contributed by atoms with Crippen LogP contribution in [-0.4, -0.2) is 26.1 Å². The number of nitrogens with zero attached hydrogens (tertiary/aromatic N) is 5. The molecule has 28 heavy (non-hydrogen) atoms. The van der Waals surface area contributed by atoms with Crippen LogP contribution in [0.5, 0.6) is 0 Å². The van der Waals surface area contributed by atoms with E-state index in [0.29, 0.717) is 5.82 Å². The van der Waals surface area contributed by atoms with Crippen LogP contribution in [0.4, 0.5) is 11.4 Å². The number of carbonyl (C=O) groups is 1. The van der Waals surface area contributed by atoms with Crippen molar-refractivity contribution in [2.45, 2.75) is 22.8 Å². The Bertz CT molecular complexity index is 1110. The topological polar surface area (TPSA) is 63.9 Å². The van der Waals surface area contributed by atoms with E-state index in [1.165, 1.54) is 4.80 Å². The summed E-state index contributed by atoms with van der Waals surface area (Å²) in [6.07, 6.45) is 0. The van der Waals surface area contributed by atoms with E-state index in [-0.39, 0.29) is 5.91 Å². The van der Waals surface area contributed by atoms with Gasteiger partial charge in [0.15, 0.2) is 0 Å². The van der Waals surface area contributed by atoms with Gasteiger partial charge in [0, 0.05) is 9.79 Å². The van der Waals surface area contributed by atoms with Crippen molar-refractivity contribution in [3.8, 4) is 10.7 Å². The number of hydrogen-bond acceptors (Lipinski definition) is 6. The molecule has 5 rings (SSSR count). The normalized spacial score (nSPS) is 13.7. The van der Waals surface area contributed by atoms with E-state index < -0.39 is 6.04 Å². The van der Waals surface area contributed by atoms with Crippen LogP contribution in [0.2, 0.25) is 0 Å². The number of benzene rings is 2. The Kier molecular flexibility index (Phi) is 4.22. The van der Waals surface area contributed by atoms with Crippen molar-refractivity contribution in [2.24, 2.45) is 0 Å². The average Bonchev–Trinajstić information content (AvgIpc) is 3.42. The summed E-state index contributed by atoms with van der Waals surface area (Å²) in [5, 5.41) is 14.6. The van der Waals surface area contributed by atoms with E-state index in [9.17, 15) is 4.79 Å². The van der Waals surface area contributed by atoms with Crippen molar-refractivity contribution in [1.29, 1.82) is 0 Å². The minimum absolute atomic E-state index is 0.102. The van der Waals surface area contributed by atoms with Gasteiger partial charge >= 0.3 is 0 Å². The number of thiophene rings is 1. The quantitative estimate of drug-likeness (QED) is 0.490. The fraction of sp³-hybridized carbons (Fsp3) is 0.100. The minimum atomic E-state index is -0.592. The lowest BCUT2D eigenvalue weighted by molar-refractivity contribution is -0.121. The number of para-hydroxylation sites is 2. The molecule has 0 bridgehead atoms. The number of hydrogen-bond donors (Lipinski definition) is 0. The molecule has 1 amide bonds. The predicted octanol–water partition coefficient (Wildman–Crippen LogP) is 4.79. The molecule has 0 unspecified atom stereocenters. The molecule has 4 aromatic rings. The number of carbonyl (C=O) groups excluding carboxylic acids is 1. The first kappa shape index (κ1) is 17.2. The Morgan fingerprint density at radius 3 is 2.29 bits per heavy atom. The molecule has 0 saturated heterocycles. The average molecular weight is 406 g/mol. The van der Waals surface area contributed by atoms with Gasteiger partial charge < -0.3 is 0 Å². The van der Waals surface area contributed by atoms with Crippen molar-refractivity contribution < 1.29 is 4.79 Å². The first-order valence-corrected chi connectivity index (χ1v) is 10.5. The molecule has 1 aliphatic heterocycles. The smallest absolute Gasteiger partial charge is 0.258 e. The second kappa shape index (κ2) is 6.88. The lowest BCUT2D eigenvalue weighted by atomic mass is 10.2. The Morgan fingerprint density at radius 2 is 1.64 bits per heavy atom. The molecule has 2 aromatic heterocycles. The second-order valence-electron chi connectivity index (χ2n) is 6.30. The zero-order chi connectivity index (χ0) is 19.1. The van der Waals surface area contributed by atoms with Crippen molar-refractivity contribution in [3.05, 3.63) is 66.0 Å². The van der Waals surface area contributed by atoms with Crippen LogP contribution in [0, 0.1) is 0 Å². The van der Waals surface area contributed by atoms with Crippen LogP contribution < -0.4 is 4.90 Å². The number of amides is 1. The third-order valence-electron chi connectivity index (χ3n) is 4.53. The predicted molar refractivity (Wildman–Crippen MR) is 110 cm³/mol. The van der Waals surface area contributed by atoms with Crippen LogP contribution in [0.3, 0.4) is 0 Å². The van der Waals surface area contributed by atoms with Gasteiger partial charge in [-0.1, -0.05) is 42.1 Å². The number of aromatic nitrogens is 4. The Labute approximate surface area is 169 Å². The summed E-state index contributed by atoms with van der Waals surface area (Å²) in [7, 11) is 0. The molecule has 3 heterocycles. The van der Waals surface area contributed by atoms with Gasteiger partial charge in [0.25, 0.3) is 5.91 Å². The number of rotatable bonds is 3. The molecule has 1 aliphatic rings. The minimum Gasteiger partial charge on any atom is -0.277 e. The molecule has 0 radical (unpaired) electrons. The highest BCUT2D eigenvalue weighted by Gasteiger charge is 2.32. The van der Waals surface area contributed by atoms with Crippen LogP contribution >= 0.6 is 23.1 Å². The van der Waals surface area contributed by atoms with Crippen molar-refractivity contribution in [2.75, 3.05) is 4.90 Å². The van der Waals surface area contributed by atoms with Gasteiger partial charge in [-0.3, -0.25) is 9.69 Å². The third-order valence-corrected chi connectivity index (χ3v) is 6.52. The zero-order valence-electron chi connectivity index (χ0n) is 14.9. The van der Waals surface area contributed by atoms with Crippen LogP contribution in [0.15, 0.2) is 75.8 Å². The molecule has 2 aromatic carbocycles. The summed E-state index contributed by atoms with van der Waals surface area (Å²) in [4.78, 5) is 19.7. The van der Waals surface area contributed by atoms with Gasteiger partial charge in [-0.25, -0.2) is 0 Å². The molecule has 8 heteroatoms. The van der Waals surface area contributed by atoms with Gasteiger partial charge in [-0.05, 0) is 47.8 Å². The van der Waals surface area contributed by atoms with Crippen molar-refractivity contribution in [3.63, 3.8) is 0 Å². The maximum Gasteiger partial charge on any atom is 0.258 e. The number of anilines is 2. The highest BCUT2D eigenvalue weighted by atomic mass is 32.2. The molecule has 138 valence electrons. The maximum atomic E-state index is 13.5. The first-order chi connectivity index (χ1) is 13.7. The summed E-state index contributed by atoms with van der Waals surface area (Å²) >= 11 is 3.21. The maximum absolute atomic E-state index is 13.5. The molecule has 0 aliphatic carbocycles. The van der Waals surface area contributed by atoms with Gasteiger partial charge in [0.05, 0.1) is 16.3 Å². The largest absolute Gasteiger partial charge is 0.277 e. The molecular weight excluding hydrogens is 390 g/mol. The van der Waals surface area contributed by atoms with E-state index in [2.05, 4.69) is 15.4 Å². The molecule has 6 nitrogen and oxygen atoms in total. The Morgan fingerprint density at radius 1 is 0.964 bits per heavy atom. The van der Waals surface area contributed by atoms with E-state index in [1.54, 1.807) is 34.9 Å².